The van der Waals surface area contributed by atoms with E-state index in [-0.39, 0.29) is 131 Å². The third-order valence-electron chi connectivity index (χ3n) is 0.577. The van der Waals surface area contributed by atoms with Crippen molar-refractivity contribution in [2.45, 2.75) is 130 Å². The van der Waals surface area contributed by atoms with Crippen molar-refractivity contribution in [3.05, 3.63) is 20.3 Å². The Labute approximate surface area is 191 Å². The van der Waals surface area contributed by atoms with E-state index in [0.717, 1.165) is 0 Å². The maximum absolute atomic E-state index is 3.25. The Kier molecular flexibility index (Phi) is 6500. The fourth-order valence-corrected chi connectivity index (χ4v) is 0.289. The van der Waals surface area contributed by atoms with Crippen molar-refractivity contribution in [2.75, 3.05) is 0 Å². The summed E-state index contributed by atoms with van der Waals surface area (Å²) in [5, 5.41) is 0. The zero-order valence-electron chi connectivity index (χ0n) is 8.22. The van der Waals surface area contributed by atoms with E-state index in [4.69, 9.17) is 0 Å². The van der Waals surface area contributed by atoms with Crippen molar-refractivity contribution in [1.29, 1.82) is 0 Å². The number of hydrogen-bond acceptors (Lipinski definition) is 0. The van der Waals surface area contributed by atoms with E-state index in [9.17, 15) is 0 Å². The van der Waals surface area contributed by atoms with E-state index >= 15 is 0 Å². The van der Waals surface area contributed by atoms with Gasteiger partial charge in [-0.2, -0.15) is 26.7 Å². The Morgan fingerprint density at radius 2 is 0.565 bits per heavy atom. The van der Waals surface area contributed by atoms with Gasteiger partial charge in [0.2, 0.25) is 0 Å². The van der Waals surface area contributed by atoms with Gasteiger partial charge in [0, 0.05) is 21.1 Å². The van der Waals surface area contributed by atoms with Crippen molar-refractivity contribution < 1.29 is 42.1 Å². The topological polar surface area (TPSA) is 0 Å². The predicted octanol–water partition coefficient (Wildman–Crippen LogP) is 11.3. The molecule has 0 aliphatic carbocycles. The summed E-state index contributed by atoms with van der Waals surface area (Å²) >= 11 is 0. The molecule has 0 saturated carbocycles. The molecule has 0 rings (SSSR count). The summed E-state index contributed by atoms with van der Waals surface area (Å²) in [6.45, 7) is 14.3. The average molecular weight is 689 g/mol. The van der Waals surface area contributed by atoms with Gasteiger partial charge in [-0.1, -0.05) is 103 Å². The van der Waals surface area contributed by atoms with E-state index in [1.54, 1.807) is 13.8 Å². The largest absolute Gasteiger partial charge is 2.00 e. The zero-order chi connectivity index (χ0) is 8.12. The first-order chi connectivity index (χ1) is 4.41. The van der Waals surface area contributed by atoms with Crippen molar-refractivity contribution in [3.8, 4) is 0 Å². The number of rotatable bonds is 2. The van der Waals surface area contributed by atoms with Crippen LogP contribution in [0.5, 0.6) is 0 Å². The first kappa shape index (κ1) is 245. The summed E-state index contributed by atoms with van der Waals surface area (Å²) in [6.07, 6.45) is 4.69. The van der Waals surface area contributed by atoms with Crippen molar-refractivity contribution in [1.82, 2.24) is 0 Å². The second kappa shape index (κ2) is 611. The molecule has 0 unspecified atom stereocenters. The predicted molar refractivity (Wildman–Crippen MR) is 128 cm³/mol. The molecule has 0 heterocycles. The van der Waals surface area contributed by atoms with Crippen LogP contribution < -0.4 is 0 Å². The average Bonchev–Trinajstić information content (AvgIpc) is 1.98. The molecule has 0 atom stereocenters. The van der Waals surface area contributed by atoms with Crippen molar-refractivity contribution >= 4 is 0 Å². The van der Waals surface area contributed by atoms with Crippen LogP contribution >= 0.6 is 0 Å². The van der Waals surface area contributed by atoms with Gasteiger partial charge in [0.05, 0.1) is 0 Å². The van der Waals surface area contributed by atoms with Crippen LogP contribution in [0, 0.1) is 20.3 Å². The fourth-order valence-electron chi connectivity index (χ4n) is 0.289. The van der Waals surface area contributed by atoms with Gasteiger partial charge in [0.15, 0.2) is 0 Å². The second-order valence-electron chi connectivity index (χ2n) is 1.11. The second-order valence-corrected chi connectivity index (χ2v) is 1.11. The van der Waals surface area contributed by atoms with Crippen LogP contribution in [-0.4, -0.2) is 0 Å². The first-order valence-corrected chi connectivity index (χ1v) is 3.64. The van der Waals surface area contributed by atoms with Gasteiger partial charge in [-0.05, 0) is 0 Å². The molecule has 0 radical (unpaired) electrons. The molecule has 0 nitrogen and oxygen atoms in total. The fraction of sp³-hybridized carbons (Fsp3) is 0.857. The molecule has 0 amide bonds. The molecule has 0 bridgehead atoms. The minimum absolute atomic E-state index is 0. The Morgan fingerprint density at radius 1 is 0.478 bits per heavy atom. The smallest absolute Gasteiger partial charge is 0.346 e. The molecule has 0 aromatic rings. The molecule has 23 heavy (non-hydrogen) atoms. The Bertz CT molecular complexity index is 17.3. The summed E-state index contributed by atoms with van der Waals surface area (Å²) in [7, 11) is 0. The van der Waals surface area contributed by atoms with Crippen LogP contribution in [0.1, 0.15) is 130 Å². The van der Waals surface area contributed by atoms with Gasteiger partial charge in [-0.25, -0.2) is 0 Å². The first-order valence-electron chi connectivity index (χ1n) is 3.64. The zero-order valence-corrected chi connectivity index (χ0v) is 14.1. The van der Waals surface area contributed by atoms with Gasteiger partial charge < -0.3 is 20.3 Å². The summed E-state index contributed by atoms with van der Waals surface area (Å²) in [6, 6.07) is 0. The van der Waals surface area contributed by atoms with Gasteiger partial charge in [0.25, 0.3) is 0 Å². The van der Waals surface area contributed by atoms with Gasteiger partial charge >= 0.3 is 21.1 Å². The third-order valence-corrected chi connectivity index (χ3v) is 0.577. The summed E-state index contributed by atoms with van der Waals surface area (Å²) < 4.78 is 0. The monoisotopic (exact) mass is 689 g/mol. The van der Waals surface area contributed by atoms with E-state index in [1.807, 2.05) is 0 Å². The molecular formula is C21H69W2-. The minimum atomic E-state index is 0. The molecule has 0 aliphatic rings. The van der Waals surface area contributed by atoms with Gasteiger partial charge in [-0.3, -0.25) is 0 Å². The van der Waals surface area contributed by atoms with Crippen LogP contribution in [0.4, 0.5) is 0 Å². The van der Waals surface area contributed by atoms with E-state index in [2.05, 4.69) is 34.1 Å². The Morgan fingerprint density at radius 3 is 0.565 bits per heavy atom. The SMILES string of the molecule is C.C.C.C.C.C.C.C.C.C.C.C.CC[CH-]CC.[CH2-]C.[CH2-]C.[W+2].[W]. The molecule has 166 valence electrons. The molecule has 0 fully saturated rings. The van der Waals surface area contributed by atoms with Crippen molar-refractivity contribution in [3.63, 3.8) is 0 Å². The molecule has 2 heteroatoms. The quantitative estimate of drug-likeness (QED) is 0.253. The standard InChI is InChI=1S/C5H11.2C2H5.12CH4.2W/c1-3-5-4-2;2*1-2;;;;;;;;;;;;;;/h5H,3-4H2,1-2H3;2*1H2,2H3;12*1H4;;/q3*-1;;;;;;;;;;;;;;+2. The van der Waals surface area contributed by atoms with Crippen LogP contribution in [0.2, 0.25) is 0 Å². The van der Waals surface area contributed by atoms with Gasteiger partial charge in [0.1, 0.15) is 0 Å². The molecule has 0 aromatic heterocycles. The molecule has 0 saturated heterocycles. The number of hydrogen-bond donors (Lipinski definition) is 0. The van der Waals surface area contributed by atoms with Crippen LogP contribution in [-0.2, 0) is 42.1 Å². The Balaban J connectivity index is -0.00000000127. The summed E-state index contributed by atoms with van der Waals surface area (Å²) in [5.41, 5.74) is 0. The summed E-state index contributed by atoms with van der Waals surface area (Å²) in [4.78, 5) is 0. The maximum Gasteiger partial charge on any atom is 2.00 e. The Hall–Kier alpha value is 1.38. The van der Waals surface area contributed by atoms with Crippen LogP contribution in [0.25, 0.3) is 0 Å². The molecule has 0 spiro atoms. The van der Waals surface area contributed by atoms with Crippen molar-refractivity contribution in [2.24, 2.45) is 0 Å². The molecule has 0 aliphatic heterocycles. The van der Waals surface area contributed by atoms with Crippen LogP contribution in [0.3, 0.4) is 0 Å². The van der Waals surface area contributed by atoms with E-state index in [1.165, 1.54) is 12.8 Å². The number of unbranched alkanes of at least 4 members (excludes halogenated alkanes) is 2. The van der Waals surface area contributed by atoms with E-state index in [0.29, 0.717) is 0 Å². The minimum Gasteiger partial charge on any atom is -0.346 e. The van der Waals surface area contributed by atoms with Crippen LogP contribution in [0.15, 0.2) is 0 Å². The third kappa shape index (κ3) is 937. The van der Waals surface area contributed by atoms with E-state index < -0.39 is 0 Å². The molecule has 0 N–H and O–H groups in total. The van der Waals surface area contributed by atoms with Gasteiger partial charge in [-0.15, -0.1) is 0 Å². The molecule has 0 aromatic carbocycles. The molecular weight excluding hydrogens is 620 g/mol. The summed E-state index contributed by atoms with van der Waals surface area (Å²) in [5.74, 6) is 0. The maximum atomic E-state index is 3.25. The normalized spacial score (nSPS) is 2.35.